The van der Waals surface area contributed by atoms with E-state index in [0.717, 1.165) is 5.75 Å². The first-order valence-electron chi connectivity index (χ1n) is 15.5. The quantitative estimate of drug-likeness (QED) is 0.0861. The van der Waals surface area contributed by atoms with Gasteiger partial charge in [-0.3, -0.25) is 0 Å². The topological polar surface area (TPSA) is 18.5 Å². The average molecular weight is 704 g/mol. The molecule has 0 amide bonds. The first-order chi connectivity index (χ1) is 20.5. The first kappa shape index (κ1) is 32.6. The Kier molecular flexibility index (Phi) is 12.8. The fourth-order valence-corrected chi connectivity index (χ4v) is 24.3. The first-order valence-corrected chi connectivity index (χ1v) is 25.5. The van der Waals surface area contributed by atoms with Gasteiger partial charge in [-0.25, -0.2) is 0 Å². The number of rotatable bonds is 16. The van der Waals surface area contributed by atoms with Gasteiger partial charge in [-0.1, -0.05) is 0 Å². The molecule has 1 atom stereocenters. The van der Waals surface area contributed by atoms with E-state index < -0.39 is 26.7 Å². The Bertz CT molecular complexity index is 1250. The number of halogens is 1. The van der Waals surface area contributed by atoms with Crippen molar-refractivity contribution in [1.29, 1.82) is 0 Å². The second-order valence-electron chi connectivity index (χ2n) is 11.2. The minimum atomic E-state index is -2.92. The van der Waals surface area contributed by atoms with Gasteiger partial charge in [0, 0.05) is 0 Å². The molecule has 4 rings (SSSR count). The van der Waals surface area contributed by atoms with Crippen molar-refractivity contribution in [3.8, 4) is 5.75 Å². The summed E-state index contributed by atoms with van der Waals surface area (Å²) in [5.74, 6) is 0.765. The van der Waals surface area contributed by atoms with Gasteiger partial charge in [0.25, 0.3) is 0 Å². The normalized spacial score (nSPS) is 12.9. The van der Waals surface area contributed by atoms with Crippen LogP contribution in [0.5, 0.6) is 5.75 Å². The van der Waals surface area contributed by atoms with Crippen molar-refractivity contribution in [1.82, 2.24) is 0 Å². The van der Waals surface area contributed by atoms with E-state index in [4.69, 9.17) is 20.8 Å². The molecule has 0 bridgehead atoms. The molecule has 0 spiro atoms. The summed E-state index contributed by atoms with van der Waals surface area (Å²) in [4.78, 5) is 0. The van der Waals surface area contributed by atoms with Crippen LogP contribution in [0.3, 0.4) is 0 Å². The fraction of sp³-hybridized carbons (Fsp3) is 0.297. The van der Waals surface area contributed by atoms with Crippen molar-refractivity contribution in [3.05, 3.63) is 130 Å². The zero-order valence-electron chi connectivity index (χ0n) is 25.3. The predicted octanol–water partition coefficient (Wildman–Crippen LogP) is 8.55. The molecule has 0 heterocycles. The van der Waals surface area contributed by atoms with Crippen molar-refractivity contribution in [2.75, 3.05) is 6.61 Å². The molecule has 2 nitrogen and oxygen atoms in total. The Morgan fingerprint density at radius 2 is 1.14 bits per heavy atom. The zero-order chi connectivity index (χ0) is 29.7. The number of hydrogen-bond donors (Lipinski definition) is 0. The molecule has 0 aliphatic heterocycles. The van der Waals surface area contributed by atoms with Gasteiger partial charge in [-0.15, -0.1) is 0 Å². The third kappa shape index (κ3) is 8.40. The summed E-state index contributed by atoms with van der Waals surface area (Å²) in [7, 11) is -2.92. The van der Waals surface area contributed by atoms with E-state index in [0.29, 0.717) is 11.6 Å². The summed E-state index contributed by atoms with van der Waals surface area (Å²) in [5, 5.41) is 4.36. The van der Waals surface area contributed by atoms with E-state index in [1.165, 1.54) is 48.1 Å². The minimum absolute atomic E-state index is 0.224. The van der Waals surface area contributed by atoms with Crippen LogP contribution in [0.1, 0.15) is 40.0 Å². The summed E-state index contributed by atoms with van der Waals surface area (Å²) in [6, 6.07) is 40.1. The van der Waals surface area contributed by atoms with E-state index in [-0.39, 0.29) is 6.10 Å². The third-order valence-corrected chi connectivity index (χ3v) is 27.7. The molecule has 42 heavy (non-hydrogen) atoms. The molecule has 4 aromatic carbocycles. The number of ether oxygens (including phenoxy) is 1. The van der Waals surface area contributed by atoms with Crippen LogP contribution in [0.15, 0.2) is 125 Å². The molecule has 0 aromatic heterocycles. The standard InChI is InChI=1S/C28H24ClO2Si.3C3H7.Sn/c1-2-24(22-30-25-14-12-13-23(29)21-25)31-32(26-15-6-3-7-16-26,27-17-8-4-9-18-27)28-19-10-5-11-20-28;3*1-3-2;/h1-21,24H,22H2;3*1,3H2,2H3;/t24-;;;;/m1..../s1. The van der Waals surface area contributed by atoms with Gasteiger partial charge >= 0.3 is 265 Å². The van der Waals surface area contributed by atoms with E-state index in [9.17, 15) is 0 Å². The molecule has 0 aliphatic rings. The second-order valence-corrected chi connectivity index (χ2v) is 28.0. The van der Waals surface area contributed by atoms with Crippen LogP contribution >= 0.6 is 11.6 Å². The van der Waals surface area contributed by atoms with Gasteiger partial charge in [-0.2, -0.15) is 0 Å². The van der Waals surface area contributed by atoms with Crippen LogP contribution in [0.2, 0.25) is 18.3 Å². The van der Waals surface area contributed by atoms with Gasteiger partial charge in [0.1, 0.15) is 0 Å². The van der Waals surface area contributed by atoms with Crippen LogP contribution in [0.4, 0.5) is 0 Å². The Morgan fingerprint density at radius 3 is 1.57 bits per heavy atom. The van der Waals surface area contributed by atoms with Crippen molar-refractivity contribution >= 4 is 53.9 Å². The van der Waals surface area contributed by atoms with Gasteiger partial charge < -0.3 is 0 Å². The maximum atomic E-state index is 7.61. The molecule has 0 fully saturated rings. The van der Waals surface area contributed by atoms with Crippen molar-refractivity contribution in [2.45, 2.75) is 59.4 Å². The molecule has 4 aromatic rings. The summed E-state index contributed by atoms with van der Waals surface area (Å²) in [6.45, 7) is 7.46. The number of benzene rings is 4. The van der Waals surface area contributed by atoms with Crippen LogP contribution in [0.25, 0.3) is 0 Å². The van der Waals surface area contributed by atoms with E-state index in [1.54, 1.807) is 0 Å². The molecule has 0 saturated heterocycles. The van der Waals surface area contributed by atoms with E-state index >= 15 is 0 Å². The summed E-state index contributed by atoms with van der Waals surface area (Å²) >= 11 is 3.81. The Morgan fingerprint density at radius 1 is 0.667 bits per heavy atom. The van der Waals surface area contributed by atoms with E-state index in [2.05, 4.69) is 122 Å². The Labute approximate surface area is 263 Å². The van der Waals surface area contributed by atoms with Crippen LogP contribution in [-0.4, -0.2) is 39.4 Å². The number of hydrogen-bond acceptors (Lipinski definition) is 2. The molecular weight excluding hydrogens is 659 g/mol. The molecular formula is C37H45ClO2SiSn. The SMILES string of the molecule is CC[CH2][Sn](/[CH]=C/[C@H](COc1cccc(Cl)c1)O[Si](c1ccccc1)(c1ccccc1)c1ccccc1)([CH2]CC)[CH2]CC. The van der Waals surface area contributed by atoms with Crippen molar-refractivity contribution in [3.63, 3.8) is 0 Å². The Hall–Kier alpha value is -2.31. The molecule has 0 N–H and O–H groups in total. The van der Waals surface area contributed by atoms with Gasteiger partial charge in [0.05, 0.1) is 0 Å². The summed E-state index contributed by atoms with van der Waals surface area (Å²) < 4.78 is 20.9. The van der Waals surface area contributed by atoms with Gasteiger partial charge in [-0.05, 0) is 0 Å². The predicted molar refractivity (Wildman–Crippen MR) is 186 cm³/mol. The van der Waals surface area contributed by atoms with Gasteiger partial charge in [0.2, 0.25) is 0 Å². The van der Waals surface area contributed by atoms with E-state index in [1.807, 2.05) is 24.3 Å². The van der Waals surface area contributed by atoms with Crippen LogP contribution < -0.4 is 20.3 Å². The fourth-order valence-electron chi connectivity index (χ4n) is 6.24. The summed E-state index contributed by atoms with van der Waals surface area (Å²) in [6.07, 6.45) is 5.93. The van der Waals surface area contributed by atoms with Crippen LogP contribution in [-0.2, 0) is 4.43 Å². The molecule has 0 unspecified atom stereocenters. The van der Waals surface area contributed by atoms with Crippen molar-refractivity contribution < 1.29 is 9.16 Å². The molecule has 5 heteroatoms. The third-order valence-electron chi connectivity index (χ3n) is 7.99. The molecule has 0 radical (unpaired) electrons. The maximum absolute atomic E-state index is 7.61. The molecule has 220 valence electrons. The summed E-state index contributed by atoms with van der Waals surface area (Å²) in [5.41, 5.74) is 0. The molecule has 0 saturated carbocycles. The Balaban J connectivity index is 1.85. The monoisotopic (exact) mass is 704 g/mol. The molecule has 0 aliphatic carbocycles. The second kappa shape index (κ2) is 16.5. The van der Waals surface area contributed by atoms with Gasteiger partial charge in [0.15, 0.2) is 0 Å². The van der Waals surface area contributed by atoms with Crippen LogP contribution in [0, 0.1) is 0 Å². The zero-order valence-corrected chi connectivity index (χ0v) is 30.0. The average Bonchev–Trinajstić information content (AvgIpc) is 3.02. The van der Waals surface area contributed by atoms with Crippen molar-refractivity contribution in [2.24, 2.45) is 0 Å².